The Balaban J connectivity index is 0.000000175. The molecule has 12 nitrogen and oxygen atoms in total. The standard InChI is InChI=1S/C36H41NO5S.C23H19NO3S.C16H28O2/c38-24-14-8-6-4-2-1-3-5-7-10-18-32(39)42-25-15-9-13-23-37-35(40)28-20-19-27-26-16-11-12-17-30(26)43-31-22-21-29(36(37)41)33(28)34(27)31;25-13-5-1-4-12-24-22(26)16-9-8-15-14-6-2-3-7-18(14)28-19-11-10-17(23(24)27)20(16)21(15)19;17-16-14-12-10-8-6-4-2-1-3-5-7-9-11-13-15-18-16/h2,4,11-12,16-17,19-22,38H,1,3,5-10,13-15,18,23-25H2;2-3,6-11,25H,1,4-5,12-13H2;1-2H,3-15H2/b4-2+;;2-1+. The summed E-state index contributed by atoms with van der Waals surface area (Å²) < 4.78 is 17.9. The monoisotopic (exact) mass is 1240 g/mol. The van der Waals surface area contributed by atoms with Crippen LogP contribution in [0.15, 0.2) is 141 Å². The maximum atomic E-state index is 13.5. The third-order valence-electron chi connectivity index (χ3n) is 17.2. The Labute approximate surface area is 529 Å². The quantitative estimate of drug-likeness (QED) is 0.0219. The van der Waals surface area contributed by atoms with Gasteiger partial charge in [-0.1, -0.05) is 118 Å². The van der Waals surface area contributed by atoms with E-state index in [1.54, 1.807) is 22.7 Å². The summed E-state index contributed by atoms with van der Waals surface area (Å²) in [6.45, 7) is 2.14. The van der Waals surface area contributed by atoms with Crippen LogP contribution >= 0.6 is 22.7 Å². The number of ether oxygens (including phenoxy) is 2. The van der Waals surface area contributed by atoms with E-state index in [4.69, 9.17) is 19.7 Å². The van der Waals surface area contributed by atoms with Crippen molar-refractivity contribution < 1.29 is 29.3 Å². The van der Waals surface area contributed by atoms with Gasteiger partial charge in [0.2, 0.25) is 0 Å². The van der Waals surface area contributed by atoms with Gasteiger partial charge in [0, 0.05) is 101 Å². The number of esters is 2. The molecular weight excluding hydrogens is 1150 g/mol. The molecule has 0 saturated heterocycles. The number of rotatable bonds is 22. The highest BCUT2D eigenvalue weighted by atomic mass is 32.1. The largest absolute Gasteiger partial charge is 0.466 e. The second-order valence-electron chi connectivity index (χ2n) is 23.7. The lowest BCUT2D eigenvalue weighted by molar-refractivity contribution is -0.144. The fourth-order valence-electron chi connectivity index (χ4n) is 12.4. The van der Waals surface area contributed by atoms with Crippen molar-refractivity contribution in [2.24, 2.45) is 0 Å². The van der Waals surface area contributed by atoms with Crippen molar-refractivity contribution in [3.05, 3.63) is 163 Å². The van der Waals surface area contributed by atoms with Crippen LogP contribution in [-0.4, -0.2) is 57.7 Å². The highest BCUT2D eigenvalue weighted by Gasteiger charge is 2.20. The molecule has 0 atom stereocenters. The van der Waals surface area contributed by atoms with E-state index in [-0.39, 0.29) is 47.4 Å². The first-order valence-corrected chi connectivity index (χ1v) is 34.6. The van der Waals surface area contributed by atoms with E-state index >= 15 is 0 Å². The van der Waals surface area contributed by atoms with E-state index in [2.05, 4.69) is 48.6 Å². The summed E-state index contributed by atoms with van der Waals surface area (Å²) in [7, 11) is 0. The lowest BCUT2D eigenvalue weighted by atomic mass is 9.97. The van der Waals surface area contributed by atoms with E-state index in [1.165, 1.54) is 69.9 Å². The van der Waals surface area contributed by atoms with Gasteiger partial charge in [-0.25, -0.2) is 0 Å². The first-order chi connectivity index (χ1) is 43.7. The van der Waals surface area contributed by atoms with Crippen LogP contribution in [0.25, 0.3) is 83.4 Å². The van der Waals surface area contributed by atoms with Crippen molar-refractivity contribution in [1.29, 1.82) is 0 Å². The third kappa shape index (κ3) is 17.4. The average Bonchev–Trinajstić information content (AvgIpc) is 1.23. The molecule has 1 aliphatic rings. The third-order valence-corrected chi connectivity index (χ3v) is 19.4. The molecule has 0 bridgehead atoms. The minimum atomic E-state index is -0.231. The molecule has 5 heterocycles. The second kappa shape index (κ2) is 34.8. The van der Waals surface area contributed by atoms with Crippen molar-refractivity contribution in [3.8, 4) is 0 Å². The Kier molecular flexibility index (Phi) is 25.9. The summed E-state index contributed by atoms with van der Waals surface area (Å²) in [4.78, 5) is 76.6. The van der Waals surface area contributed by atoms with E-state index in [9.17, 15) is 28.8 Å². The fraction of sp³-hybridized carbons (Fsp3) is 0.440. The molecule has 6 aromatic carbocycles. The zero-order valence-corrected chi connectivity index (χ0v) is 53.4. The SMILES string of the molecule is O=C(CCCCCC/C=C/CCCCO)OCCCCCn1c(=O)c2ccc3sc4ccccc4c4ccc(c1=O)c2c34.O=C1CCCCCC/C=C/CCCCCCCO1.O=c1c2ccc3sc4ccccc4c4ccc(c(=O)n1CCCCCO)c2c34. The lowest BCUT2D eigenvalue weighted by Crippen LogP contribution is -2.33. The molecule has 11 rings (SSSR count). The molecule has 0 amide bonds. The number of carbonyl (C=O) groups is 2. The van der Waals surface area contributed by atoms with E-state index in [1.807, 2.05) is 72.8 Å². The molecular formula is C75H88N2O10S2. The molecule has 0 spiro atoms. The van der Waals surface area contributed by atoms with Crippen LogP contribution < -0.4 is 22.2 Å². The Bertz CT molecular complexity index is 4170. The predicted octanol–water partition coefficient (Wildman–Crippen LogP) is 17.4. The van der Waals surface area contributed by atoms with Gasteiger partial charge in [-0.05, 0) is 186 Å². The Morgan fingerprint density at radius 1 is 0.438 bits per heavy atom. The first kappa shape index (κ1) is 66.3. The molecule has 10 aromatic rings. The summed E-state index contributed by atoms with van der Waals surface area (Å²) in [5.41, 5.74) is -0.890. The van der Waals surface area contributed by atoms with Crippen molar-refractivity contribution >= 4 is 118 Å². The van der Waals surface area contributed by atoms with Gasteiger partial charge >= 0.3 is 11.9 Å². The summed E-state index contributed by atoms with van der Waals surface area (Å²) in [5, 5.41) is 28.1. The fourth-order valence-corrected chi connectivity index (χ4v) is 14.6. The molecule has 0 unspecified atom stereocenters. The van der Waals surface area contributed by atoms with Crippen molar-refractivity contribution in [2.75, 3.05) is 26.4 Å². The van der Waals surface area contributed by atoms with Gasteiger partial charge in [-0.15, -0.1) is 22.7 Å². The number of aromatic nitrogens is 2. The second-order valence-corrected chi connectivity index (χ2v) is 25.8. The lowest BCUT2D eigenvalue weighted by Gasteiger charge is -2.14. The van der Waals surface area contributed by atoms with Crippen LogP contribution in [-0.2, 0) is 32.2 Å². The van der Waals surface area contributed by atoms with Gasteiger partial charge in [-0.3, -0.25) is 37.9 Å². The first-order valence-electron chi connectivity index (χ1n) is 33.0. The highest BCUT2D eigenvalue weighted by Crippen LogP contribution is 2.41. The summed E-state index contributed by atoms with van der Waals surface area (Å²) in [5.74, 6) is -0.151. The molecule has 1 aliphatic heterocycles. The van der Waals surface area contributed by atoms with E-state index in [0.29, 0.717) is 86.4 Å². The highest BCUT2D eigenvalue weighted by molar-refractivity contribution is 7.25. The molecule has 14 heteroatoms. The molecule has 0 aliphatic carbocycles. The number of nitrogens with zero attached hydrogens (tertiary/aromatic N) is 2. The number of benzene rings is 6. The van der Waals surface area contributed by atoms with E-state index in [0.717, 1.165) is 136 Å². The maximum absolute atomic E-state index is 13.5. The molecule has 0 saturated carbocycles. The minimum absolute atomic E-state index is 0.000729. The number of hydrogen-bond acceptors (Lipinski definition) is 12. The molecule has 0 fully saturated rings. The number of aliphatic hydroxyl groups is 2. The summed E-state index contributed by atoms with van der Waals surface area (Å²) in [6, 6.07) is 32.0. The number of unbranched alkanes of at least 4 members (excludes halogenated alkanes) is 10. The van der Waals surface area contributed by atoms with Gasteiger partial charge in [0.25, 0.3) is 22.2 Å². The van der Waals surface area contributed by atoms with Gasteiger partial charge in [0.05, 0.1) is 13.2 Å². The van der Waals surface area contributed by atoms with Gasteiger partial charge in [0.15, 0.2) is 0 Å². The van der Waals surface area contributed by atoms with Crippen molar-refractivity contribution in [1.82, 2.24) is 9.13 Å². The Morgan fingerprint density at radius 3 is 1.43 bits per heavy atom. The number of hydrogen-bond donors (Lipinski definition) is 2. The maximum Gasteiger partial charge on any atom is 0.305 e. The number of aliphatic hydroxyl groups excluding tert-OH is 2. The molecule has 4 aromatic heterocycles. The van der Waals surface area contributed by atoms with Crippen LogP contribution in [0.4, 0.5) is 0 Å². The molecule has 0 radical (unpaired) electrons. The Hall–Kier alpha value is -7.10. The topological polar surface area (TPSA) is 171 Å². The number of allylic oxidation sites excluding steroid dienone is 4. The van der Waals surface area contributed by atoms with E-state index < -0.39 is 0 Å². The van der Waals surface area contributed by atoms with Crippen molar-refractivity contribution in [2.45, 2.75) is 186 Å². The van der Waals surface area contributed by atoms with Crippen LogP contribution in [0.5, 0.6) is 0 Å². The Morgan fingerprint density at radius 2 is 0.876 bits per heavy atom. The van der Waals surface area contributed by atoms with Crippen LogP contribution in [0.2, 0.25) is 0 Å². The number of cyclic esters (lactones) is 1. The molecule has 89 heavy (non-hydrogen) atoms. The number of fused-ring (bicyclic) bond motifs is 4. The number of pyridine rings is 2. The van der Waals surface area contributed by atoms with Crippen LogP contribution in [0.3, 0.4) is 0 Å². The molecule has 470 valence electrons. The van der Waals surface area contributed by atoms with Crippen LogP contribution in [0, 0.1) is 0 Å². The van der Waals surface area contributed by atoms with Gasteiger partial charge < -0.3 is 19.7 Å². The van der Waals surface area contributed by atoms with Gasteiger partial charge in [-0.2, -0.15) is 0 Å². The predicted molar refractivity (Wildman–Crippen MR) is 371 cm³/mol. The van der Waals surface area contributed by atoms with Gasteiger partial charge in [0.1, 0.15) is 0 Å². The minimum Gasteiger partial charge on any atom is -0.466 e. The number of carbonyl (C=O) groups excluding carboxylic acids is 2. The summed E-state index contributed by atoms with van der Waals surface area (Å²) >= 11 is 3.37. The smallest absolute Gasteiger partial charge is 0.305 e. The van der Waals surface area contributed by atoms with Crippen molar-refractivity contribution in [3.63, 3.8) is 0 Å². The zero-order chi connectivity index (χ0) is 62.2. The zero-order valence-electron chi connectivity index (χ0n) is 51.8. The van der Waals surface area contributed by atoms with Crippen LogP contribution in [0.1, 0.15) is 173 Å². The summed E-state index contributed by atoms with van der Waals surface area (Å²) in [6.07, 6.45) is 35.7. The average molecular weight is 1240 g/mol. The normalized spacial score (nSPS) is 14.4. The molecule has 2 N–H and O–H groups in total.